The van der Waals surface area contributed by atoms with Crippen molar-refractivity contribution < 1.29 is 4.79 Å². The quantitative estimate of drug-likeness (QED) is 0.850. The normalized spacial score (nSPS) is 11.0. The smallest absolute Gasteiger partial charge is 0.224 e. The van der Waals surface area contributed by atoms with E-state index in [-0.39, 0.29) is 5.91 Å². The molecule has 2 rings (SSSR count). The summed E-state index contributed by atoms with van der Waals surface area (Å²) < 4.78 is 0. The third-order valence-corrected chi connectivity index (χ3v) is 2.67. The molecule has 2 N–H and O–H groups in total. The largest absolute Gasteiger partial charge is 0.326 e. The summed E-state index contributed by atoms with van der Waals surface area (Å²) in [5, 5.41) is 10.8. The van der Waals surface area contributed by atoms with Crippen LogP contribution < -0.4 is 5.32 Å². The van der Waals surface area contributed by atoms with E-state index >= 15 is 0 Å². The first-order valence-corrected chi connectivity index (χ1v) is 5.88. The molecule has 0 fully saturated rings. The van der Waals surface area contributed by atoms with E-state index < -0.39 is 0 Å². The minimum absolute atomic E-state index is 0.0672. The maximum atomic E-state index is 11.7. The number of nitrogens with zero attached hydrogens (tertiary/aromatic N) is 1. The van der Waals surface area contributed by atoms with Gasteiger partial charge in [0.2, 0.25) is 5.91 Å². The molecule has 4 nitrogen and oxygen atoms in total. The highest BCUT2D eigenvalue weighted by molar-refractivity contribution is 5.93. The van der Waals surface area contributed by atoms with Gasteiger partial charge in [0.15, 0.2) is 0 Å². The number of fused-ring (bicyclic) bond motifs is 1. The van der Waals surface area contributed by atoms with Gasteiger partial charge in [-0.1, -0.05) is 13.8 Å². The van der Waals surface area contributed by atoms with E-state index in [1.165, 1.54) is 0 Å². The predicted molar refractivity (Wildman–Crippen MR) is 68.8 cm³/mol. The van der Waals surface area contributed by atoms with Crippen LogP contribution in [0.2, 0.25) is 0 Å². The average molecular weight is 231 g/mol. The molecule has 0 atom stereocenters. The van der Waals surface area contributed by atoms with E-state index in [2.05, 4.69) is 29.4 Å². The SMILES string of the molecule is CC(C)CCC(=O)Nc1ccc2cn[nH]c2c1. The molecule has 0 spiro atoms. The topological polar surface area (TPSA) is 57.8 Å². The lowest BCUT2D eigenvalue weighted by Crippen LogP contribution is -2.12. The zero-order chi connectivity index (χ0) is 12.3. The van der Waals surface area contributed by atoms with Crippen LogP contribution in [0.1, 0.15) is 26.7 Å². The van der Waals surface area contributed by atoms with E-state index in [1.807, 2.05) is 18.2 Å². The zero-order valence-electron chi connectivity index (χ0n) is 10.2. The Morgan fingerprint density at radius 2 is 2.29 bits per heavy atom. The average Bonchev–Trinajstić information content (AvgIpc) is 2.73. The van der Waals surface area contributed by atoms with Crippen LogP contribution in [0, 0.1) is 5.92 Å². The first kappa shape index (κ1) is 11.6. The third kappa shape index (κ3) is 3.06. The van der Waals surface area contributed by atoms with Crippen molar-refractivity contribution in [3.8, 4) is 0 Å². The molecule has 0 aliphatic carbocycles. The molecule has 4 heteroatoms. The van der Waals surface area contributed by atoms with Gasteiger partial charge < -0.3 is 5.32 Å². The lowest BCUT2D eigenvalue weighted by molar-refractivity contribution is -0.116. The van der Waals surface area contributed by atoms with Crippen LogP contribution in [0.15, 0.2) is 24.4 Å². The minimum atomic E-state index is 0.0672. The van der Waals surface area contributed by atoms with Gasteiger partial charge in [-0.15, -0.1) is 0 Å². The first-order valence-electron chi connectivity index (χ1n) is 5.88. The van der Waals surface area contributed by atoms with Crippen molar-refractivity contribution in [2.75, 3.05) is 5.32 Å². The number of carbonyl (C=O) groups is 1. The van der Waals surface area contributed by atoms with E-state index in [4.69, 9.17) is 0 Å². The van der Waals surface area contributed by atoms with Crippen molar-refractivity contribution in [3.05, 3.63) is 24.4 Å². The molecular weight excluding hydrogens is 214 g/mol. The van der Waals surface area contributed by atoms with Crippen molar-refractivity contribution >= 4 is 22.5 Å². The molecule has 0 saturated heterocycles. The second-order valence-electron chi connectivity index (χ2n) is 4.65. The van der Waals surface area contributed by atoms with E-state index in [0.29, 0.717) is 12.3 Å². The number of aromatic amines is 1. The summed E-state index contributed by atoms with van der Waals surface area (Å²) in [6.45, 7) is 4.23. The van der Waals surface area contributed by atoms with Crippen LogP contribution in [0.5, 0.6) is 0 Å². The molecule has 0 unspecified atom stereocenters. The Balaban J connectivity index is 2.00. The Bertz CT molecular complexity index is 516. The van der Waals surface area contributed by atoms with Crippen LogP contribution in [-0.2, 0) is 4.79 Å². The Hall–Kier alpha value is -1.84. The highest BCUT2D eigenvalue weighted by Crippen LogP contribution is 2.17. The van der Waals surface area contributed by atoms with Crippen molar-refractivity contribution in [2.24, 2.45) is 5.92 Å². The first-order chi connectivity index (χ1) is 8.15. The number of rotatable bonds is 4. The number of benzene rings is 1. The number of aromatic nitrogens is 2. The predicted octanol–water partition coefficient (Wildman–Crippen LogP) is 2.94. The maximum Gasteiger partial charge on any atom is 0.224 e. The van der Waals surface area contributed by atoms with Gasteiger partial charge >= 0.3 is 0 Å². The summed E-state index contributed by atoms with van der Waals surface area (Å²) in [4.78, 5) is 11.7. The number of carbonyl (C=O) groups excluding carboxylic acids is 1. The Morgan fingerprint density at radius 3 is 3.06 bits per heavy atom. The van der Waals surface area contributed by atoms with E-state index in [1.54, 1.807) is 6.20 Å². The van der Waals surface area contributed by atoms with Crippen LogP contribution in [0.3, 0.4) is 0 Å². The fraction of sp³-hybridized carbons (Fsp3) is 0.385. The molecule has 0 saturated carbocycles. The van der Waals surface area contributed by atoms with Crippen molar-refractivity contribution in [1.29, 1.82) is 0 Å². The van der Waals surface area contributed by atoms with E-state index in [0.717, 1.165) is 23.0 Å². The van der Waals surface area contributed by atoms with E-state index in [9.17, 15) is 4.79 Å². The minimum Gasteiger partial charge on any atom is -0.326 e. The van der Waals surface area contributed by atoms with Gasteiger partial charge in [0.05, 0.1) is 11.7 Å². The Labute approximate surface area is 100 Å². The summed E-state index contributed by atoms with van der Waals surface area (Å²) in [5.74, 6) is 0.619. The molecule has 90 valence electrons. The molecule has 0 aliphatic rings. The number of amides is 1. The molecule has 1 aromatic heterocycles. The number of nitrogens with one attached hydrogen (secondary N) is 2. The standard InChI is InChI=1S/C13H17N3O/c1-9(2)3-6-13(17)15-11-5-4-10-8-14-16-12(10)7-11/h4-5,7-9H,3,6H2,1-2H3,(H,14,16)(H,15,17). The number of H-pyrrole nitrogens is 1. The highest BCUT2D eigenvalue weighted by atomic mass is 16.1. The van der Waals surface area contributed by atoms with Crippen LogP contribution in [0.25, 0.3) is 10.9 Å². The third-order valence-electron chi connectivity index (χ3n) is 2.67. The molecule has 17 heavy (non-hydrogen) atoms. The summed E-state index contributed by atoms with van der Waals surface area (Å²) >= 11 is 0. The van der Waals surface area contributed by atoms with Crippen LogP contribution >= 0.6 is 0 Å². The van der Waals surface area contributed by atoms with Gasteiger partial charge in [0.1, 0.15) is 0 Å². The molecule has 2 aromatic rings. The Morgan fingerprint density at radius 1 is 1.47 bits per heavy atom. The highest BCUT2D eigenvalue weighted by Gasteiger charge is 2.05. The Kier molecular flexibility index (Phi) is 3.42. The van der Waals surface area contributed by atoms with Gasteiger partial charge in [-0.25, -0.2) is 0 Å². The lowest BCUT2D eigenvalue weighted by Gasteiger charge is -2.06. The van der Waals surface area contributed by atoms with Gasteiger partial charge in [-0.3, -0.25) is 9.89 Å². The van der Waals surface area contributed by atoms with Crippen LogP contribution in [0.4, 0.5) is 5.69 Å². The fourth-order valence-electron chi connectivity index (χ4n) is 1.66. The van der Waals surface area contributed by atoms with Gasteiger partial charge in [-0.05, 0) is 30.5 Å². The molecule has 1 heterocycles. The second kappa shape index (κ2) is 4.99. The fourth-order valence-corrected chi connectivity index (χ4v) is 1.66. The summed E-state index contributed by atoms with van der Waals surface area (Å²) in [6.07, 6.45) is 3.25. The molecule has 0 aliphatic heterocycles. The van der Waals surface area contributed by atoms with Crippen molar-refractivity contribution in [2.45, 2.75) is 26.7 Å². The summed E-state index contributed by atoms with van der Waals surface area (Å²) in [7, 11) is 0. The molecule has 0 radical (unpaired) electrons. The summed E-state index contributed by atoms with van der Waals surface area (Å²) in [6, 6.07) is 5.73. The zero-order valence-corrected chi connectivity index (χ0v) is 10.2. The number of anilines is 1. The molecular formula is C13H17N3O. The number of hydrogen-bond acceptors (Lipinski definition) is 2. The molecule has 0 bridgehead atoms. The monoisotopic (exact) mass is 231 g/mol. The second-order valence-corrected chi connectivity index (χ2v) is 4.65. The molecule has 1 aromatic carbocycles. The van der Waals surface area contributed by atoms with Gasteiger partial charge in [0.25, 0.3) is 0 Å². The number of hydrogen-bond donors (Lipinski definition) is 2. The summed E-state index contributed by atoms with van der Waals surface area (Å²) in [5.41, 5.74) is 1.75. The molecule has 1 amide bonds. The van der Waals surface area contributed by atoms with Gasteiger partial charge in [0, 0.05) is 17.5 Å². The maximum absolute atomic E-state index is 11.7. The van der Waals surface area contributed by atoms with Crippen LogP contribution in [-0.4, -0.2) is 16.1 Å². The van der Waals surface area contributed by atoms with Gasteiger partial charge in [-0.2, -0.15) is 5.10 Å². The lowest BCUT2D eigenvalue weighted by atomic mass is 10.1. The van der Waals surface area contributed by atoms with Crippen molar-refractivity contribution in [3.63, 3.8) is 0 Å². The van der Waals surface area contributed by atoms with Crippen molar-refractivity contribution in [1.82, 2.24) is 10.2 Å².